The molecule has 4 heteroatoms. The van der Waals surface area contributed by atoms with Crippen LogP contribution in [0.1, 0.15) is 55.5 Å². The second-order valence-corrected chi connectivity index (χ2v) is 6.95. The van der Waals surface area contributed by atoms with E-state index in [2.05, 4.69) is 42.0 Å². The predicted molar refractivity (Wildman–Crippen MR) is 103 cm³/mol. The minimum atomic E-state index is -0.157. The number of ether oxygens (including phenoxy) is 1. The Morgan fingerprint density at radius 1 is 1.21 bits per heavy atom. The summed E-state index contributed by atoms with van der Waals surface area (Å²) in [6, 6.07) is 13.4. The van der Waals surface area contributed by atoms with E-state index in [1.165, 1.54) is 0 Å². The van der Waals surface area contributed by atoms with Crippen molar-refractivity contribution in [2.75, 3.05) is 11.9 Å². The van der Waals surface area contributed by atoms with Crippen LogP contribution in [0.2, 0.25) is 0 Å². The van der Waals surface area contributed by atoms with Crippen molar-refractivity contribution in [3.05, 3.63) is 58.1 Å². The number of anilines is 1. The molecule has 0 saturated heterocycles. The maximum atomic E-state index is 12.8. The van der Waals surface area contributed by atoms with Crippen LogP contribution in [0.3, 0.4) is 0 Å². The van der Waals surface area contributed by atoms with Gasteiger partial charge in [-0.2, -0.15) is 0 Å². The number of carbonyl (C=O) groups is 1. The normalized spacial score (nSPS) is 10.7. The first kappa shape index (κ1) is 18.5. The Morgan fingerprint density at radius 2 is 1.96 bits per heavy atom. The second-order valence-electron chi connectivity index (χ2n) is 6.04. The zero-order valence-electron chi connectivity index (χ0n) is 14.4. The molecule has 0 bridgehead atoms. The van der Waals surface area contributed by atoms with Gasteiger partial charge in [-0.3, -0.25) is 4.79 Å². The van der Waals surface area contributed by atoms with Gasteiger partial charge >= 0.3 is 0 Å². The van der Waals surface area contributed by atoms with E-state index in [-0.39, 0.29) is 5.91 Å². The molecule has 1 amide bonds. The Balaban J connectivity index is 2.25. The lowest BCUT2D eigenvalue weighted by molar-refractivity contribution is 0.102. The van der Waals surface area contributed by atoms with Gasteiger partial charge in [0.15, 0.2) is 0 Å². The standard InChI is InChI=1S/C20H24BrNO2/c1-4-5-12-24-19-11-10-15(21)13-17(19)20(23)22-18-9-7-6-8-16(18)14(2)3/h6-11,13-14H,4-5,12H2,1-3H3,(H,22,23). The van der Waals surface area contributed by atoms with Crippen LogP contribution >= 0.6 is 15.9 Å². The molecule has 1 N–H and O–H groups in total. The van der Waals surface area contributed by atoms with Gasteiger partial charge in [0.05, 0.1) is 12.2 Å². The lowest BCUT2D eigenvalue weighted by Gasteiger charge is -2.15. The number of rotatable bonds is 7. The van der Waals surface area contributed by atoms with Crippen LogP contribution in [0.5, 0.6) is 5.75 Å². The van der Waals surface area contributed by atoms with Crippen molar-refractivity contribution >= 4 is 27.5 Å². The van der Waals surface area contributed by atoms with E-state index < -0.39 is 0 Å². The molecule has 2 aromatic carbocycles. The second kappa shape index (κ2) is 8.88. The topological polar surface area (TPSA) is 38.3 Å². The average molecular weight is 390 g/mol. The average Bonchev–Trinajstić information content (AvgIpc) is 2.56. The quantitative estimate of drug-likeness (QED) is 0.589. The summed E-state index contributed by atoms with van der Waals surface area (Å²) in [5, 5.41) is 3.03. The summed E-state index contributed by atoms with van der Waals surface area (Å²) in [4.78, 5) is 12.8. The number of nitrogens with one attached hydrogen (secondary N) is 1. The van der Waals surface area contributed by atoms with Crippen LogP contribution in [0, 0.1) is 0 Å². The first-order valence-corrected chi connectivity index (χ1v) is 9.14. The SMILES string of the molecule is CCCCOc1ccc(Br)cc1C(=O)Nc1ccccc1C(C)C. The van der Waals surface area contributed by atoms with Crippen molar-refractivity contribution in [2.24, 2.45) is 0 Å². The van der Waals surface area contributed by atoms with Crippen molar-refractivity contribution in [3.63, 3.8) is 0 Å². The van der Waals surface area contributed by atoms with Crippen LogP contribution in [0.15, 0.2) is 46.9 Å². The van der Waals surface area contributed by atoms with Gasteiger partial charge in [0.1, 0.15) is 5.75 Å². The molecule has 2 aromatic rings. The minimum absolute atomic E-state index is 0.157. The maximum absolute atomic E-state index is 12.8. The number of unbranched alkanes of at least 4 members (excludes halogenated alkanes) is 1. The van der Waals surface area contributed by atoms with E-state index in [9.17, 15) is 4.79 Å². The highest BCUT2D eigenvalue weighted by molar-refractivity contribution is 9.10. The van der Waals surface area contributed by atoms with Gasteiger partial charge in [-0.15, -0.1) is 0 Å². The Bertz CT molecular complexity index is 698. The Morgan fingerprint density at radius 3 is 2.67 bits per heavy atom. The van der Waals surface area contributed by atoms with Gasteiger partial charge < -0.3 is 10.1 Å². The van der Waals surface area contributed by atoms with E-state index >= 15 is 0 Å². The third-order valence-corrected chi connectivity index (χ3v) is 4.27. The zero-order chi connectivity index (χ0) is 17.5. The molecule has 0 unspecified atom stereocenters. The molecule has 0 aliphatic carbocycles. The van der Waals surface area contributed by atoms with Crippen LogP contribution in [0.4, 0.5) is 5.69 Å². The van der Waals surface area contributed by atoms with E-state index in [4.69, 9.17) is 4.74 Å². The third-order valence-electron chi connectivity index (χ3n) is 3.77. The van der Waals surface area contributed by atoms with Crippen LogP contribution < -0.4 is 10.1 Å². The number of para-hydroxylation sites is 1. The molecular weight excluding hydrogens is 366 g/mol. The summed E-state index contributed by atoms with van der Waals surface area (Å²) in [5.41, 5.74) is 2.50. The van der Waals surface area contributed by atoms with Crippen molar-refractivity contribution in [1.29, 1.82) is 0 Å². The fourth-order valence-electron chi connectivity index (χ4n) is 2.44. The van der Waals surface area contributed by atoms with Crippen molar-refractivity contribution < 1.29 is 9.53 Å². The number of amides is 1. The minimum Gasteiger partial charge on any atom is -0.493 e. The first-order valence-electron chi connectivity index (χ1n) is 8.35. The molecule has 2 rings (SSSR count). The number of benzene rings is 2. The van der Waals surface area contributed by atoms with Crippen LogP contribution in [0.25, 0.3) is 0 Å². The van der Waals surface area contributed by atoms with Crippen molar-refractivity contribution in [3.8, 4) is 5.75 Å². The van der Waals surface area contributed by atoms with Gasteiger partial charge in [-0.1, -0.05) is 61.3 Å². The molecule has 0 aromatic heterocycles. The summed E-state index contributed by atoms with van der Waals surface area (Å²) >= 11 is 3.43. The number of carbonyl (C=O) groups excluding carboxylic acids is 1. The van der Waals surface area contributed by atoms with Gasteiger partial charge in [0, 0.05) is 10.2 Å². The third kappa shape index (κ3) is 4.84. The Labute approximate surface area is 152 Å². The van der Waals surface area contributed by atoms with Crippen molar-refractivity contribution in [2.45, 2.75) is 39.5 Å². The van der Waals surface area contributed by atoms with Crippen LogP contribution in [-0.2, 0) is 0 Å². The van der Waals surface area contributed by atoms with E-state index in [0.717, 1.165) is 28.6 Å². The Hall–Kier alpha value is -1.81. The summed E-state index contributed by atoms with van der Waals surface area (Å²) in [6.07, 6.45) is 2.02. The maximum Gasteiger partial charge on any atom is 0.259 e. The molecule has 0 radical (unpaired) electrons. The molecule has 0 saturated carbocycles. The molecule has 0 aliphatic rings. The number of hydrogen-bond acceptors (Lipinski definition) is 2. The molecule has 24 heavy (non-hydrogen) atoms. The zero-order valence-corrected chi connectivity index (χ0v) is 16.0. The van der Waals surface area contributed by atoms with E-state index in [0.29, 0.717) is 23.8 Å². The molecule has 0 spiro atoms. The van der Waals surface area contributed by atoms with Crippen LogP contribution in [-0.4, -0.2) is 12.5 Å². The highest BCUT2D eigenvalue weighted by Gasteiger charge is 2.16. The number of halogens is 1. The van der Waals surface area contributed by atoms with Gasteiger partial charge in [0.2, 0.25) is 0 Å². The molecule has 128 valence electrons. The first-order chi connectivity index (χ1) is 11.5. The highest BCUT2D eigenvalue weighted by atomic mass is 79.9. The molecule has 3 nitrogen and oxygen atoms in total. The molecule has 0 fully saturated rings. The molecule has 0 atom stereocenters. The summed E-state index contributed by atoms with van der Waals surface area (Å²) in [6.45, 7) is 6.95. The largest absolute Gasteiger partial charge is 0.493 e. The summed E-state index contributed by atoms with van der Waals surface area (Å²) in [5.74, 6) is 0.798. The Kier molecular flexibility index (Phi) is 6.85. The predicted octanol–water partition coefficient (Wildman–Crippen LogP) is 6.00. The lowest BCUT2D eigenvalue weighted by Crippen LogP contribution is -2.15. The molecular formula is C20H24BrNO2. The summed E-state index contributed by atoms with van der Waals surface area (Å²) in [7, 11) is 0. The van der Waals surface area contributed by atoms with Gasteiger partial charge in [-0.25, -0.2) is 0 Å². The fourth-order valence-corrected chi connectivity index (χ4v) is 2.80. The van der Waals surface area contributed by atoms with E-state index in [1.807, 2.05) is 36.4 Å². The highest BCUT2D eigenvalue weighted by Crippen LogP contribution is 2.27. The number of hydrogen-bond donors (Lipinski definition) is 1. The van der Waals surface area contributed by atoms with Gasteiger partial charge in [0.25, 0.3) is 5.91 Å². The smallest absolute Gasteiger partial charge is 0.259 e. The molecule has 0 aliphatic heterocycles. The van der Waals surface area contributed by atoms with Crippen molar-refractivity contribution in [1.82, 2.24) is 0 Å². The van der Waals surface area contributed by atoms with Gasteiger partial charge in [-0.05, 0) is 42.2 Å². The van der Waals surface area contributed by atoms with E-state index in [1.54, 1.807) is 6.07 Å². The summed E-state index contributed by atoms with van der Waals surface area (Å²) < 4.78 is 6.64. The lowest BCUT2D eigenvalue weighted by atomic mass is 10.0. The molecule has 0 heterocycles. The monoisotopic (exact) mass is 389 g/mol. The fraction of sp³-hybridized carbons (Fsp3) is 0.350.